The summed E-state index contributed by atoms with van der Waals surface area (Å²) in [4.78, 5) is 11.0. The number of hydrogen-bond donors (Lipinski definition) is 1. The molecule has 0 aliphatic heterocycles. The van der Waals surface area contributed by atoms with E-state index in [0.717, 1.165) is 35.3 Å². The molecule has 0 radical (unpaired) electrons. The fraction of sp³-hybridized carbons (Fsp3) is 0.174. The minimum atomic E-state index is -0.909. The van der Waals surface area contributed by atoms with Crippen LogP contribution in [0.15, 0.2) is 72.8 Å². The maximum atomic E-state index is 13.0. The number of benzene rings is 3. The highest BCUT2D eigenvalue weighted by atomic mass is 19.1. The van der Waals surface area contributed by atoms with E-state index in [2.05, 4.69) is 0 Å². The lowest BCUT2D eigenvalue weighted by atomic mass is 10.0. The predicted molar refractivity (Wildman–Crippen MR) is 103 cm³/mol. The molecule has 1 N–H and O–H groups in total. The van der Waals surface area contributed by atoms with Crippen LogP contribution in [0.3, 0.4) is 0 Å². The van der Waals surface area contributed by atoms with E-state index in [9.17, 15) is 9.18 Å². The van der Waals surface area contributed by atoms with Gasteiger partial charge in [-0.05, 0) is 72.9 Å². The molecule has 3 aromatic carbocycles. The molecule has 0 unspecified atom stereocenters. The fourth-order valence-corrected chi connectivity index (χ4v) is 2.89. The van der Waals surface area contributed by atoms with E-state index in [-0.39, 0.29) is 11.9 Å². The van der Waals surface area contributed by atoms with Crippen molar-refractivity contribution in [2.75, 3.05) is 0 Å². The molecule has 138 valence electrons. The second-order valence-electron chi connectivity index (χ2n) is 6.46. The van der Waals surface area contributed by atoms with Crippen molar-refractivity contribution in [1.29, 1.82) is 0 Å². The molecule has 1 atom stereocenters. The summed E-state index contributed by atoms with van der Waals surface area (Å²) in [6.07, 6.45) is 1.42. The van der Waals surface area contributed by atoms with Gasteiger partial charge in [-0.25, -0.2) is 9.18 Å². The Balaban J connectivity index is 1.58. The van der Waals surface area contributed by atoms with Crippen molar-refractivity contribution in [2.45, 2.75) is 25.9 Å². The zero-order chi connectivity index (χ0) is 19.2. The van der Waals surface area contributed by atoms with Crippen molar-refractivity contribution in [2.24, 2.45) is 0 Å². The highest BCUT2D eigenvalue weighted by Gasteiger charge is 2.08. The van der Waals surface area contributed by atoms with Crippen LogP contribution in [0.25, 0.3) is 0 Å². The molecule has 0 spiro atoms. The minimum Gasteiger partial charge on any atom is -0.486 e. The number of carboxylic acid groups (broad SMARTS) is 1. The molecule has 0 saturated carbocycles. The summed E-state index contributed by atoms with van der Waals surface area (Å²) in [5.74, 6) is -0.415. The topological polar surface area (TPSA) is 46.5 Å². The molecule has 3 rings (SSSR count). The van der Waals surface area contributed by atoms with E-state index in [1.54, 1.807) is 30.3 Å². The molecule has 4 heteroatoms. The summed E-state index contributed by atoms with van der Waals surface area (Å²) in [5, 5.41) is 9.06. The molecule has 0 aromatic heterocycles. The van der Waals surface area contributed by atoms with Gasteiger partial charge < -0.3 is 9.84 Å². The number of halogens is 1. The van der Waals surface area contributed by atoms with Gasteiger partial charge in [0, 0.05) is 0 Å². The lowest BCUT2D eigenvalue weighted by Gasteiger charge is -2.15. The predicted octanol–water partition coefficient (Wildman–Crippen LogP) is 5.45. The Kier molecular flexibility index (Phi) is 5.87. The molecule has 27 heavy (non-hydrogen) atoms. The average Bonchev–Trinajstić information content (AvgIpc) is 2.68. The van der Waals surface area contributed by atoms with E-state index in [1.165, 1.54) is 12.1 Å². The van der Waals surface area contributed by atoms with Crippen LogP contribution in [0.4, 0.5) is 4.39 Å². The Morgan fingerprint density at radius 3 is 2.30 bits per heavy atom. The van der Waals surface area contributed by atoms with Gasteiger partial charge in [-0.1, -0.05) is 36.4 Å². The molecule has 3 aromatic rings. The van der Waals surface area contributed by atoms with Gasteiger partial charge in [0.15, 0.2) is 0 Å². The van der Waals surface area contributed by atoms with Gasteiger partial charge in [-0.3, -0.25) is 0 Å². The molecule has 0 fully saturated rings. The van der Waals surface area contributed by atoms with Crippen LogP contribution >= 0.6 is 0 Å². The van der Waals surface area contributed by atoms with Gasteiger partial charge >= 0.3 is 5.97 Å². The molecular weight excluding hydrogens is 343 g/mol. The van der Waals surface area contributed by atoms with Gasteiger partial charge in [0.25, 0.3) is 0 Å². The van der Waals surface area contributed by atoms with Crippen LogP contribution in [0, 0.1) is 5.82 Å². The quantitative estimate of drug-likeness (QED) is 0.606. The number of carbonyl (C=O) groups is 1. The first-order valence-electron chi connectivity index (χ1n) is 8.84. The van der Waals surface area contributed by atoms with Crippen LogP contribution in [0.5, 0.6) is 5.75 Å². The van der Waals surface area contributed by atoms with Crippen molar-refractivity contribution in [3.8, 4) is 5.75 Å². The average molecular weight is 364 g/mol. The van der Waals surface area contributed by atoms with E-state index < -0.39 is 5.97 Å². The van der Waals surface area contributed by atoms with Crippen molar-refractivity contribution in [1.82, 2.24) is 0 Å². The van der Waals surface area contributed by atoms with Crippen molar-refractivity contribution >= 4 is 5.97 Å². The Morgan fingerprint density at radius 1 is 0.963 bits per heavy atom. The fourth-order valence-electron chi connectivity index (χ4n) is 2.89. The molecular formula is C23H21FO3. The molecule has 0 saturated heterocycles. The first kappa shape index (κ1) is 18.6. The molecule has 0 bridgehead atoms. The maximum absolute atomic E-state index is 13.0. The van der Waals surface area contributed by atoms with Gasteiger partial charge in [0.1, 0.15) is 17.7 Å². The largest absolute Gasteiger partial charge is 0.486 e. The standard InChI is InChI=1S/C23H21FO3/c1-16(19-9-11-21(24)12-10-19)27-22-13-7-17(8-14-22)5-6-18-3-2-4-20(15-18)23(25)26/h2-4,7-16H,5-6H2,1H3,(H,25,26)/t16-/m0/s1. The third-order valence-electron chi connectivity index (χ3n) is 4.45. The lowest BCUT2D eigenvalue weighted by molar-refractivity contribution is 0.0696. The van der Waals surface area contributed by atoms with E-state index in [1.807, 2.05) is 37.3 Å². The second-order valence-corrected chi connectivity index (χ2v) is 6.46. The van der Waals surface area contributed by atoms with Gasteiger partial charge in [0.05, 0.1) is 5.56 Å². The highest BCUT2D eigenvalue weighted by Crippen LogP contribution is 2.22. The summed E-state index contributed by atoms with van der Waals surface area (Å²) < 4.78 is 18.9. The number of aryl methyl sites for hydroxylation is 2. The molecule has 0 amide bonds. The van der Waals surface area contributed by atoms with Crippen LogP contribution < -0.4 is 4.74 Å². The Labute approximate surface area is 158 Å². The van der Waals surface area contributed by atoms with Gasteiger partial charge in [-0.15, -0.1) is 0 Å². The van der Waals surface area contributed by atoms with Crippen molar-refractivity contribution < 1.29 is 19.0 Å². The first-order chi connectivity index (χ1) is 13.0. The number of aromatic carboxylic acids is 1. The Bertz CT molecular complexity index is 902. The summed E-state index contributed by atoms with van der Waals surface area (Å²) in [5.41, 5.74) is 3.38. The zero-order valence-corrected chi connectivity index (χ0v) is 15.1. The third-order valence-corrected chi connectivity index (χ3v) is 4.45. The van der Waals surface area contributed by atoms with Gasteiger partial charge in [0.2, 0.25) is 0 Å². The summed E-state index contributed by atoms with van der Waals surface area (Å²) in [7, 11) is 0. The molecule has 0 aliphatic rings. The molecule has 0 aliphatic carbocycles. The normalized spacial score (nSPS) is 11.8. The summed E-state index contributed by atoms with van der Waals surface area (Å²) >= 11 is 0. The van der Waals surface area contributed by atoms with Crippen LogP contribution in [0.2, 0.25) is 0 Å². The summed E-state index contributed by atoms with van der Waals surface area (Å²) in [6, 6.07) is 21.2. The number of hydrogen-bond acceptors (Lipinski definition) is 2. The Hall–Kier alpha value is -3.14. The smallest absolute Gasteiger partial charge is 0.335 e. The first-order valence-corrected chi connectivity index (χ1v) is 8.84. The van der Waals surface area contributed by atoms with Crippen LogP contribution in [-0.4, -0.2) is 11.1 Å². The number of ether oxygens (including phenoxy) is 1. The molecule has 3 nitrogen and oxygen atoms in total. The number of carboxylic acids is 1. The van der Waals surface area contributed by atoms with Crippen LogP contribution in [0.1, 0.15) is 40.1 Å². The SMILES string of the molecule is C[C@H](Oc1ccc(CCc2cccc(C(=O)O)c2)cc1)c1ccc(F)cc1. The van der Waals surface area contributed by atoms with E-state index in [4.69, 9.17) is 9.84 Å². The zero-order valence-electron chi connectivity index (χ0n) is 15.1. The van der Waals surface area contributed by atoms with E-state index in [0.29, 0.717) is 5.56 Å². The second kappa shape index (κ2) is 8.49. The monoisotopic (exact) mass is 364 g/mol. The van der Waals surface area contributed by atoms with E-state index >= 15 is 0 Å². The minimum absolute atomic E-state index is 0.171. The number of rotatable bonds is 7. The highest BCUT2D eigenvalue weighted by molar-refractivity contribution is 5.87. The Morgan fingerprint density at radius 2 is 1.63 bits per heavy atom. The molecule has 0 heterocycles. The van der Waals surface area contributed by atoms with Crippen molar-refractivity contribution in [3.63, 3.8) is 0 Å². The third kappa shape index (κ3) is 5.17. The van der Waals surface area contributed by atoms with Crippen molar-refractivity contribution in [3.05, 3.63) is 101 Å². The maximum Gasteiger partial charge on any atom is 0.335 e. The van der Waals surface area contributed by atoms with Crippen LogP contribution in [-0.2, 0) is 12.8 Å². The van der Waals surface area contributed by atoms with Gasteiger partial charge in [-0.2, -0.15) is 0 Å². The summed E-state index contributed by atoms with van der Waals surface area (Å²) in [6.45, 7) is 1.93. The lowest BCUT2D eigenvalue weighted by Crippen LogP contribution is -2.03.